The van der Waals surface area contributed by atoms with Crippen LogP contribution in [0.1, 0.15) is 65.7 Å². The number of carbonyl (C=O) groups is 2. The van der Waals surface area contributed by atoms with Gasteiger partial charge >= 0.3 is 5.97 Å². The number of aryl methyl sites for hydroxylation is 1. The Hall–Kier alpha value is -2.45. The summed E-state index contributed by atoms with van der Waals surface area (Å²) in [6.45, 7) is 11.5. The Morgan fingerprint density at radius 1 is 1.06 bits per heavy atom. The number of sulfonamides is 1. The fourth-order valence-corrected chi connectivity index (χ4v) is 6.34. The van der Waals surface area contributed by atoms with E-state index in [-0.39, 0.29) is 22.8 Å². The average Bonchev–Trinajstić information content (AvgIpc) is 3.05. The van der Waals surface area contributed by atoms with Gasteiger partial charge in [-0.1, -0.05) is 20.8 Å². The summed E-state index contributed by atoms with van der Waals surface area (Å²) in [5.74, 6) is -0.301. The minimum atomic E-state index is -3.62. The van der Waals surface area contributed by atoms with Gasteiger partial charge in [-0.2, -0.15) is 4.31 Å². The van der Waals surface area contributed by atoms with E-state index in [0.29, 0.717) is 30.5 Å². The molecule has 7 nitrogen and oxygen atoms in total. The molecule has 0 unspecified atom stereocenters. The van der Waals surface area contributed by atoms with Crippen LogP contribution in [0, 0.1) is 25.7 Å². The van der Waals surface area contributed by atoms with Crippen LogP contribution in [0.15, 0.2) is 35.2 Å². The fourth-order valence-electron chi connectivity index (χ4n) is 4.66. The Morgan fingerprint density at radius 3 is 2.24 bits per heavy atom. The van der Waals surface area contributed by atoms with E-state index in [0.717, 1.165) is 30.8 Å². The summed E-state index contributed by atoms with van der Waals surface area (Å²) in [4.78, 5) is 25.2. The van der Waals surface area contributed by atoms with E-state index in [1.807, 2.05) is 19.9 Å². The molecule has 0 radical (unpaired) electrons. The summed E-state index contributed by atoms with van der Waals surface area (Å²) in [7, 11) is -3.62. The van der Waals surface area contributed by atoms with Crippen molar-refractivity contribution in [2.45, 2.75) is 58.9 Å². The monoisotopic (exact) mass is 474 g/mol. The van der Waals surface area contributed by atoms with Crippen molar-refractivity contribution in [1.29, 1.82) is 0 Å². The molecule has 2 heterocycles. The number of aromatic nitrogens is 1. The number of ether oxygens (including phenoxy) is 1. The van der Waals surface area contributed by atoms with Gasteiger partial charge in [-0.3, -0.25) is 4.79 Å². The number of piperidine rings is 1. The van der Waals surface area contributed by atoms with E-state index < -0.39 is 16.0 Å². The van der Waals surface area contributed by atoms with Crippen LogP contribution in [0.2, 0.25) is 0 Å². The topological polar surface area (TPSA) is 85.7 Å². The zero-order valence-electron chi connectivity index (χ0n) is 20.1. The zero-order chi connectivity index (χ0) is 24.3. The smallest absolute Gasteiger partial charge is 0.338 e. The molecule has 1 saturated heterocycles. The molecule has 1 aliphatic heterocycles. The maximum Gasteiger partial charge on any atom is 0.338 e. The van der Waals surface area contributed by atoms with E-state index in [4.69, 9.17) is 4.74 Å². The molecule has 1 aromatic carbocycles. The van der Waals surface area contributed by atoms with Crippen molar-refractivity contribution < 1.29 is 22.7 Å². The Kier molecular flexibility index (Phi) is 7.80. The summed E-state index contributed by atoms with van der Waals surface area (Å²) in [5, 5.41) is 0. The highest BCUT2D eigenvalue weighted by atomic mass is 32.2. The molecule has 33 heavy (non-hydrogen) atoms. The van der Waals surface area contributed by atoms with Gasteiger partial charge in [-0.15, -0.1) is 0 Å². The van der Waals surface area contributed by atoms with Gasteiger partial charge in [0.05, 0.1) is 10.5 Å². The van der Waals surface area contributed by atoms with Gasteiger partial charge in [0.15, 0.2) is 6.61 Å². The van der Waals surface area contributed by atoms with E-state index in [2.05, 4.69) is 25.3 Å². The lowest BCUT2D eigenvalue weighted by atomic mass is 9.94. The first-order valence-corrected chi connectivity index (χ1v) is 13.0. The maximum absolute atomic E-state index is 13.0. The summed E-state index contributed by atoms with van der Waals surface area (Å²) in [6, 6.07) is 7.54. The first-order chi connectivity index (χ1) is 15.5. The highest BCUT2D eigenvalue weighted by Gasteiger charge is 2.31. The third-order valence-electron chi connectivity index (χ3n) is 6.22. The van der Waals surface area contributed by atoms with Crippen LogP contribution in [-0.4, -0.2) is 48.7 Å². The normalized spacial score (nSPS) is 19.4. The third kappa shape index (κ3) is 5.55. The molecule has 3 rings (SSSR count). The van der Waals surface area contributed by atoms with Gasteiger partial charge in [-0.25, -0.2) is 13.2 Å². The molecule has 2 atom stereocenters. The van der Waals surface area contributed by atoms with Gasteiger partial charge < -0.3 is 9.30 Å². The predicted octanol–water partition coefficient (Wildman–Crippen LogP) is 4.22. The molecule has 0 amide bonds. The van der Waals surface area contributed by atoms with Gasteiger partial charge in [-0.05, 0) is 68.9 Å². The van der Waals surface area contributed by atoms with Gasteiger partial charge in [0.2, 0.25) is 15.8 Å². The molecule has 1 aromatic heterocycles. The van der Waals surface area contributed by atoms with Crippen molar-refractivity contribution in [3.63, 3.8) is 0 Å². The number of esters is 1. The molecule has 0 saturated carbocycles. The Balaban J connectivity index is 1.65. The minimum Gasteiger partial charge on any atom is -0.454 e. The van der Waals surface area contributed by atoms with Gasteiger partial charge in [0.25, 0.3) is 0 Å². The van der Waals surface area contributed by atoms with Crippen LogP contribution in [0.5, 0.6) is 0 Å². The molecule has 0 aliphatic carbocycles. The average molecular weight is 475 g/mol. The lowest BCUT2D eigenvalue weighted by Crippen LogP contribution is -2.42. The maximum atomic E-state index is 13.0. The van der Waals surface area contributed by atoms with Crippen molar-refractivity contribution in [2.75, 3.05) is 19.7 Å². The number of rotatable bonds is 8. The second-order valence-electron chi connectivity index (χ2n) is 9.23. The molecule has 180 valence electrons. The van der Waals surface area contributed by atoms with Crippen molar-refractivity contribution in [3.8, 4) is 0 Å². The largest absolute Gasteiger partial charge is 0.454 e. The molecule has 2 aromatic rings. The minimum absolute atomic E-state index is 0.153. The number of carbonyl (C=O) groups excluding carboxylic acids is 2. The van der Waals surface area contributed by atoms with E-state index >= 15 is 0 Å². The lowest BCUT2D eigenvalue weighted by Gasteiger charge is -2.34. The van der Waals surface area contributed by atoms with Crippen LogP contribution in [0.3, 0.4) is 0 Å². The molecule has 0 N–H and O–H groups in total. The van der Waals surface area contributed by atoms with Gasteiger partial charge in [0, 0.05) is 36.6 Å². The van der Waals surface area contributed by atoms with Crippen molar-refractivity contribution in [2.24, 2.45) is 11.8 Å². The Labute approximate surface area is 196 Å². The molecule has 1 aliphatic rings. The number of Topliss-reactive ketones (excluding diaryl/α,β-unsaturated/α-hetero) is 1. The quantitative estimate of drug-likeness (QED) is 0.422. The summed E-state index contributed by atoms with van der Waals surface area (Å²) in [6.07, 6.45) is 1.97. The van der Waals surface area contributed by atoms with Crippen molar-refractivity contribution in [1.82, 2.24) is 8.87 Å². The highest BCUT2D eigenvalue weighted by Crippen LogP contribution is 2.27. The lowest BCUT2D eigenvalue weighted by molar-refractivity contribution is 0.0474. The molecule has 0 bridgehead atoms. The summed E-state index contributed by atoms with van der Waals surface area (Å²) >= 11 is 0. The van der Waals surface area contributed by atoms with Crippen LogP contribution >= 0.6 is 0 Å². The number of hydrogen-bond acceptors (Lipinski definition) is 5. The number of benzene rings is 1. The number of ketones is 1. The van der Waals surface area contributed by atoms with E-state index in [1.165, 1.54) is 28.6 Å². The fraction of sp³-hybridized carbons (Fsp3) is 0.520. The van der Waals surface area contributed by atoms with E-state index in [1.54, 1.807) is 0 Å². The molecule has 1 fully saturated rings. The van der Waals surface area contributed by atoms with Crippen molar-refractivity contribution >= 4 is 21.8 Å². The Bertz CT molecular complexity index is 1110. The first kappa shape index (κ1) is 25.2. The second-order valence-corrected chi connectivity index (χ2v) is 11.2. The van der Waals surface area contributed by atoms with Crippen LogP contribution in [-0.2, 0) is 21.3 Å². The summed E-state index contributed by atoms with van der Waals surface area (Å²) in [5.41, 5.74) is 2.63. The standard InChI is InChI=1S/C25H34N2O5S/c1-6-11-27-19(4)13-23(20(27)5)24(28)16-32-25(29)21-7-9-22(10-8-21)33(30,31)26-14-17(2)12-18(3)15-26/h7-10,13,17-18H,6,11-12,14-16H2,1-5H3/t17-,18+. The van der Waals surface area contributed by atoms with Crippen LogP contribution < -0.4 is 0 Å². The Morgan fingerprint density at radius 2 is 1.67 bits per heavy atom. The molecule has 8 heteroatoms. The van der Waals surface area contributed by atoms with Gasteiger partial charge in [0.1, 0.15) is 0 Å². The van der Waals surface area contributed by atoms with Crippen LogP contribution in [0.4, 0.5) is 0 Å². The third-order valence-corrected chi connectivity index (χ3v) is 8.06. The predicted molar refractivity (Wildman–Crippen MR) is 127 cm³/mol. The zero-order valence-corrected chi connectivity index (χ0v) is 20.9. The first-order valence-electron chi connectivity index (χ1n) is 11.5. The van der Waals surface area contributed by atoms with E-state index in [9.17, 15) is 18.0 Å². The van der Waals surface area contributed by atoms with Crippen molar-refractivity contribution in [3.05, 3.63) is 52.8 Å². The second kappa shape index (κ2) is 10.2. The molecule has 0 spiro atoms. The van der Waals surface area contributed by atoms with Crippen LogP contribution in [0.25, 0.3) is 0 Å². The number of hydrogen-bond donors (Lipinski definition) is 0. The SMILES string of the molecule is CCCn1c(C)cc(C(=O)COC(=O)c2ccc(S(=O)(=O)N3C[C@H](C)C[C@H](C)C3)cc2)c1C. The number of nitrogens with zero attached hydrogens (tertiary/aromatic N) is 2. The highest BCUT2D eigenvalue weighted by molar-refractivity contribution is 7.89. The molecular weight excluding hydrogens is 440 g/mol. The molecular formula is C25H34N2O5S. The summed E-state index contributed by atoms with van der Waals surface area (Å²) < 4.78 is 34.8.